The zero-order valence-corrected chi connectivity index (χ0v) is 21.3. The highest BCUT2D eigenvalue weighted by Crippen LogP contribution is 2.38. The molecule has 0 bridgehead atoms. The third-order valence-electron chi connectivity index (χ3n) is 4.47. The summed E-state index contributed by atoms with van der Waals surface area (Å²) in [7, 11) is 7.95. The Morgan fingerprint density at radius 1 is 0.812 bits per heavy atom. The number of nitrogens with one attached hydrogen (secondary N) is 3. The summed E-state index contributed by atoms with van der Waals surface area (Å²) >= 11 is 0. The lowest BCUT2D eigenvalue weighted by molar-refractivity contribution is -0.120. The van der Waals surface area contributed by atoms with Gasteiger partial charge in [0.15, 0.2) is 17.5 Å². The van der Waals surface area contributed by atoms with Gasteiger partial charge in [-0.15, -0.1) is 24.0 Å². The van der Waals surface area contributed by atoms with Crippen molar-refractivity contribution in [2.45, 2.75) is 13.1 Å². The number of carbonyl (C=O) groups is 1. The number of rotatable bonds is 10. The van der Waals surface area contributed by atoms with Crippen LogP contribution < -0.4 is 34.9 Å². The van der Waals surface area contributed by atoms with Crippen LogP contribution in [0.5, 0.6) is 23.0 Å². The Kier molecular flexibility index (Phi) is 12.1. The number of methoxy groups -OCH3 is 4. The number of benzene rings is 2. The Balaban J connectivity index is 0.00000512. The molecule has 0 fully saturated rings. The van der Waals surface area contributed by atoms with Gasteiger partial charge in [0.25, 0.3) is 0 Å². The molecule has 0 atom stereocenters. The van der Waals surface area contributed by atoms with Gasteiger partial charge in [-0.25, -0.2) is 0 Å². The summed E-state index contributed by atoms with van der Waals surface area (Å²) in [6.07, 6.45) is 0. The van der Waals surface area contributed by atoms with Crippen molar-refractivity contribution in [1.82, 2.24) is 16.0 Å². The summed E-state index contributed by atoms with van der Waals surface area (Å²) in [5.74, 6) is 2.79. The molecule has 2 rings (SSSR count). The third-order valence-corrected chi connectivity index (χ3v) is 4.47. The molecule has 0 spiro atoms. The fraction of sp³-hybridized carbons (Fsp3) is 0.364. The second-order valence-electron chi connectivity index (χ2n) is 6.44. The van der Waals surface area contributed by atoms with Gasteiger partial charge in [-0.2, -0.15) is 0 Å². The van der Waals surface area contributed by atoms with Gasteiger partial charge in [-0.3, -0.25) is 9.79 Å². The maximum atomic E-state index is 12.1. The lowest BCUT2D eigenvalue weighted by Gasteiger charge is -2.16. The highest BCUT2D eigenvalue weighted by atomic mass is 127. The van der Waals surface area contributed by atoms with E-state index in [2.05, 4.69) is 20.9 Å². The molecule has 0 aliphatic heterocycles. The zero-order valence-electron chi connectivity index (χ0n) is 19.0. The Labute approximate surface area is 205 Å². The topological polar surface area (TPSA) is 102 Å². The van der Waals surface area contributed by atoms with E-state index in [1.165, 1.54) is 0 Å². The monoisotopic (exact) mass is 558 g/mol. The molecule has 3 N–H and O–H groups in total. The molecular formula is C22H31IN4O5. The van der Waals surface area contributed by atoms with Gasteiger partial charge < -0.3 is 34.9 Å². The quantitative estimate of drug-likeness (QED) is 0.234. The van der Waals surface area contributed by atoms with Crippen molar-refractivity contribution in [3.05, 3.63) is 47.5 Å². The first-order chi connectivity index (χ1) is 15.0. The maximum Gasteiger partial charge on any atom is 0.239 e. The van der Waals surface area contributed by atoms with Crippen molar-refractivity contribution in [1.29, 1.82) is 0 Å². The van der Waals surface area contributed by atoms with Crippen LogP contribution in [0.1, 0.15) is 11.1 Å². The van der Waals surface area contributed by atoms with Crippen molar-refractivity contribution in [3.8, 4) is 23.0 Å². The van der Waals surface area contributed by atoms with E-state index < -0.39 is 0 Å². The molecule has 0 saturated heterocycles. The molecule has 2 aromatic rings. The van der Waals surface area contributed by atoms with Gasteiger partial charge in [-0.1, -0.05) is 12.1 Å². The van der Waals surface area contributed by atoms with Crippen LogP contribution in [0.3, 0.4) is 0 Å². The lowest BCUT2D eigenvalue weighted by Crippen LogP contribution is -2.42. The highest BCUT2D eigenvalue weighted by molar-refractivity contribution is 14.0. The van der Waals surface area contributed by atoms with Gasteiger partial charge in [0.05, 0.1) is 35.0 Å². The molecule has 0 heterocycles. The second-order valence-corrected chi connectivity index (χ2v) is 6.44. The molecule has 1 amide bonds. The summed E-state index contributed by atoms with van der Waals surface area (Å²) in [6, 6.07) is 11.2. The van der Waals surface area contributed by atoms with Crippen molar-refractivity contribution >= 4 is 35.8 Å². The Morgan fingerprint density at radius 2 is 1.41 bits per heavy atom. The molecular weight excluding hydrogens is 527 g/mol. The molecule has 0 saturated carbocycles. The van der Waals surface area contributed by atoms with Crippen LogP contribution in [0.15, 0.2) is 41.4 Å². The summed E-state index contributed by atoms with van der Waals surface area (Å²) in [6.45, 7) is 0.969. The fourth-order valence-electron chi connectivity index (χ4n) is 2.81. The molecule has 0 radical (unpaired) electrons. The van der Waals surface area contributed by atoms with Crippen molar-refractivity contribution < 1.29 is 23.7 Å². The predicted molar refractivity (Wildman–Crippen MR) is 135 cm³/mol. The highest BCUT2D eigenvalue weighted by Gasteiger charge is 2.13. The zero-order chi connectivity index (χ0) is 22.6. The van der Waals surface area contributed by atoms with E-state index in [9.17, 15) is 4.79 Å². The number of nitrogens with zero attached hydrogens (tertiary/aromatic N) is 1. The Morgan fingerprint density at radius 3 is 1.91 bits per heavy atom. The third kappa shape index (κ3) is 7.98. The van der Waals surface area contributed by atoms with Crippen molar-refractivity contribution in [2.75, 3.05) is 42.0 Å². The average Bonchev–Trinajstić information content (AvgIpc) is 2.82. The number of amides is 1. The second kappa shape index (κ2) is 14.2. The minimum Gasteiger partial charge on any atom is -0.497 e. The number of aliphatic imine (C=N–C) groups is 1. The molecule has 0 aromatic heterocycles. The molecule has 176 valence electrons. The largest absolute Gasteiger partial charge is 0.497 e. The summed E-state index contributed by atoms with van der Waals surface area (Å²) in [5, 5.41) is 9.01. The van der Waals surface area contributed by atoms with E-state index in [0.717, 1.165) is 16.9 Å². The van der Waals surface area contributed by atoms with Gasteiger partial charge in [0, 0.05) is 20.1 Å². The molecule has 0 aliphatic rings. The number of halogens is 1. The van der Waals surface area contributed by atoms with E-state index in [-0.39, 0.29) is 36.4 Å². The van der Waals surface area contributed by atoms with Crippen LogP contribution in [0.4, 0.5) is 0 Å². The van der Waals surface area contributed by atoms with E-state index >= 15 is 0 Å². The number of ether oxygens (including phenoxy) is 4. The maximum absolute atomic E-state index is 12.1. The molecule has 0 aliphatic carbocycles. The fourth-order valence-corrected chi connectivity index (χ4v) is 2.81. The summed E-state index contributed by atoms with van der Waals surface area (Å²) < 4.78 is 21.2. The first-order valence-corrected chi connectivity index (χ1v) is 9.67. The number of carbonyl (C=O) groups excluding carboxylic acids is 1. The van der Waals surface area contributed by atoms with Crippen LogP contribution in [-0.2, 0) is 17.9 Å². The van der Waals surface area contributed by atoms with E-state index in [1.807, 2.05) is 36.4 Å². The van der Waals surface area contributed by atoms with Crippen LogP contribution in [0, 0.1) is 0 Å². The Bertz CT molecular complexity index is 865. The van der Waals surface area contributed by atoms with Gasteiger partial charge in [0.1, 0.15) is 5.75 Å². The molecule has 0 unspecified atom stereocenters. The Hall–Kier alpha value is -2.89. The molecule has 9 nitrogen and oxygen atoms in total. The van der Waals surface area contributed by atoms with E-state index in [1.54, 1.807) is 35.5 Å². The van der Waals surface area contributed by atoms with Gasteiger partial charge in [0.2, 0.25) is 11.7 Å². The first kappa shape index (κ1) is 27.1. The van der Waals surface area contributed by atoms with E-state index in [4.69, 9.17) is 18.9 Å². The van der Waals surface area contributed by atoms with Crippen LogP contribution in [-0.4, -0.2) is 53.9 Å². The van der Waals surface area contributed by atoms with Crippen LogP contribution in [0.2, 0.25) is 0 Å². The molecule has 32 heavy (non-hydrogen) atoms. The van der Waals surface area contributed by atoms with Crippen molar-refractivity contribution in [3.63, 3.8) is 0 Å². The minimum atomic E-state index is -0.147. The van der Waals surface area contributed by atoms with Crippen LogP contribution >= 0.6 is 24.0 Å². The number of hydrogen-bond acceptors (Lipinski definition) is 6. The predicted octanol–water partition coefficient (Wildman–Crippen LogP) is 2.32. The average molecular weight is 558 g/mol. The first-order valence-electron chi connectivity index (χ1n) is 9.67. The van der Waals surface area contributed by atoms with Crippen LogP contribution in [0.25, 0.3) is 0 Å². The standard InChI is InChI=1S/C22H30N4O5.HI/c1-23-22(25-13-16-10-18(29-3)21(31-5)19(11-16)30-4)26-14-20(27)24-12-15-6-8-17(28-2)9-7-15;/h6-11H,12-14H2,1-5H3,(H,24,27)(H2,23,25,26);1H. The number of guanidine groups is 1. The minimum absolute atomic E-state index is 0. The molecule has 2 aromatic carbocycles. The summed E-state index contributed by atoms with van der Waals surface area (Å²) in [4.78, 5) is 16.3. The molecule has 10 heteroatoms. The van der Waals surface area contributed by atoms with Gasteiger partial charge in [-0.05, 0) is 35.4 Å². The summed E-state index contributed by atoms with van der Waals surface area (Å²) in [5.41, 5.74) is 1.89. The van der Waals surface area contributed by atoms with Crippen molar-refractivity contribution in [2.24, 2.45) is 4.99 Å². The SMILES string of the molecule is CN=C(NCC(=O)NCc1ccc(OC)cc1)NCc1cc(OC)c(OC)c(OC)c1.I. The number of hydrogen-bond donors (Lipinski definition) is 3. The van der Waals surface area contributed by atoms with E-state index in [0.29, 0.717) is 36.3 Å². The lowest BCUT2D eigenvalue weighted by atomic mass is 10.2. The normalized spacial score (nSPS) is 10.5. The smallest absolute Gasteiger partial charge is 0.239 e. The van der Waals surface area contributed by atoms with Gasteiger partial charge >= 0.3 is 0 Å².